The van der Waals surface area contributed by atoms with Crippen molar-refractivity contribution < 1.29 is 9.53 Å². The first-order chi connectivity index (χ1) is 18.0. The molecule has 37 heavy (non-hydrogen) atoms. The number of pyridine rings is 1. The lowest BCUT2D eigenvalue weighted by Gasteiger charge is -2.22. The van der Waals surface area contributed by atoms with Crippen LogP contribution >= 0.6 is 0 Å². The smallest absolute Gasteiger partial charge is 0.319 e. The molecule has 2 heterocycles. The molecular formula is C31H34N4O2. The molecule has 1 saturated heterocycles. The van der Waals surface area contributed by atoms with Gasteiger partial charge < -0.3 is 15.4 Å². The van der Waals surface area contributed by atoms with Crippen molar-refractivity contribution in [2.45, 2.75) is 25.8 Å². The van der Waals surface area contributed by atoms with E-state index in [2.05, 4.69) is 64.9 Å². The zero-order chi connectivity index (χ0) is 25.8. The molecule has 0 aliphatic carbocycles. The van der Waals surface area contributed by atoms with Crippen LogP contribution in [0.4, 0.5) is 10.5 Å². The lowest BCUT2D eigenvalue weighted by molar-refractivity contribution is 0.159. The monoisotopic (exact) mass is 494 g/mol. The van der Waals surface area contributed by atoms with Crippen molar-refractivity contribution in [1.82, 2.24) is 15.2 Å². The number of nitrogens with one attached hydrogen (secondary N) is 2. The minimum absolute atomic E-state index is 0.0219. The van der Waals surface area contributed by atoms with Crippen molar-refractivity contribution in [2.24, 2.45) is 0 Å². The fourth-order valence-corrected chi connectivity index (χ4v) is 5.31. The Morgan fingerprint density at radius 3 is 2.43 bits per heavy atom. The Balaban J connectivity index is 1.46. The SMILES string of the molecule is COCCN1C[C@@H](NC(=O)Nc2c(-c3ccccc3)nc(C)c3cc(C)ccc23)[C@H](c2ccccc2)C1. The molecule has 0 spiro atoms. The van der Waals surface area contributed by atoms with Gasteiger partial charge in [-0.1, -0.05) is 78.4 Å². The van der Waals surface area contributed by atoms with E-state index in [4.69, 9.17) is 9.72 Å². The highest BCUT2D eigenvalue weighted by Gasteiger charge is 2.34. The number of aromatic nitrogens is 1. The maximum Gasteiger partial charge on any atom is 0.319 e. The van der Waals surface area contributed by atoms with E-state index in [0.29, 0.717) is 6.61 Å². The Labute approximate surface area is 218 Å². The fourth-order valence-electron chi connectivity index (χ4n) is 5.31. The molecule has 6 heteroatoms. The summed E-state index contributed by atoms with van der Waals surface area (Å²) in [4.78, 5) is 20.8. The summed E-state index contributed by atoms with van der Waals surface area (Å²) in [7, 11) is 1.72. The summed E-state index contributed by atoms with van der Waals surface area (Å²) in [5.41, 5.74) is 5.81. The Morgan fingerprint density at radius 1 is 0.973 bits per heavy atom. The third-order valence-corrected chi connectivity index (χ3v) is 7.19. The molecule has 1 aromatic heterocycles. The maximum atomic E-state index is 13.6. The zero-order valence-corrected chi connectivity index (χ0v) is 21.7. The lowest BCUT2D eigenvalue weighted by Crippen LogP contribution is -2.42. The van der Waals surface area contributed by atoms with E-state index in [-0.39, 0.29) is 18.0 Å². The van der Waals surface area contributed by atoms with Gasteiger partial charge in [0.1, 0.15) is 0 Å². The third kappa shape index (κ3) is 5.50. The van der Waals surface area contributed by atoms with E-state index in [9.17, 15) is 4.79 Å². The van der Waals surface area contributed by atoms with Crippen LogP contribution in [-0.4, -0.2) is 55.3 Å². The number of nitrogens with zero attached hydrogens (tertiary/aromatic N) is 2. The normalized spacial score (nSPS) is 17.7. The number of aryl methyl sites for hydroxylation is 2. The molecule has 2 N–H and O–H groups in total. The molecule has 1 fully saturated rings. The van der Waals surface area contributed by atoms with Crippen LogP contribution in [0.2, 0.25) is 0 Å². The molecule has 1 aliphatic rings. The van der Waals surface area contributed by atoms with Crippen molar-refractivity contribution in [3.8, 4) is 11.3 Å². The third-order valence-electron chi connectivity index (χ3n) is 7.19. The van der Waals surface area contributed by atoms with Crippen LogP contribution in [0, 0.1) is 13.8 Å². The molecule has 4 aromatic rings. The fraction of sp³-hybridized carbons (Fsp3) is 0.290. The molecule has 0 radical (unpaired) electrons. The van der Waals surface area contributed by atoms with Crippen molar-refractivity contribution in [3.63, 3.8) is 0 Å². The molecule has 0 bridgehead atoms. The summed E-state index contributed by atoms with van der Waals surface area (Å²) in [5, 5.41) is 8.52. The Morgan fingerprint density at radius 2 is 1.70 bits per heavy atom. The average Bonchev–Trinajstić information content (AvgIpc) is 3.32. The van der Waals surface area contributed by atoms with Gasteiger partial charge >= 0.3 is 6.03 Å². The van der Waals surface area contributed by atoms with Crippen LogP contribution in [0.3, 0.4) is 0 Å². The van der Waals surface area contributed by atoms with Gasteiger partial charge in [-0.15, -0.1) is 0 Å². The number of carbonyl (C=O) groups is 1. The van der Waals surface area contributed by atoms with E-state index >= 15 is 0 Å². The van der Waals surface area contributed by atoms with Gasteiger partial charge in [-0.05, 0) is 25.5 Å². The number of carbonyl (C=O) groups excluding carboxylic acids is 1. The van der Waals surface area contributed by atoms with Gasteiger partial charge in [0.25, 0.3) is 0 Å². The van der Waals surface area contributed by atoms with Crippen LogP contribution in [0.15, 0.2) is 78.9 Å². The number of hydrogen-bond acceptors (Lipinski definition) is 4. The number of fused-ring (bicyclic) bond motifs is 1. The Kier molecular flexibility index (Phi) is 7.49. The molecule has 2 atom stereocenters. The van der Waals surface area contributed by atoms with Gasteiger partial charge in [0, 0.05) is 54.7 Å². The standard InChI is InChI=1S/C31H34N4O2/c1-21-14-15-25-26(18-21)22(2)32-29(24-12-8-5-9-13-24)30(25)34-31(36)33-28-20-35(16-17-37-3)19-27(28)23-10-6-4-7-11-23/h4-15,18,27-28H,16-17,19-20H2,1-3H3,(H2,33,34,36)/t27-,28+/m0/s1. The molecule has 2 amide bonds. The van der Waals surface area contributed by atoms with Crippen LogP contribution in [-0.2, 0) is 4.74 Å². The zero-order valence-electron chi connectivity index (χ0n) is 21.7. The summed E-state index contributed by atoms with van der Waals surface area (Å²) in [6.45, 7) is 7.25. The summed E-state index contributed by atoms with van der Waals surface area (Å²) >= 11 is 0. The van der Waals surface area contributed by atoms with Crippen LogP contribution in [0.1, 0.15) is 22.7 Å². The van der Waals surface area contributed by atoms with Gasteiger partial charge in [0.15, 0.2) is 0 Å². The molecule has 5 rings (SSSR count). The highest BCUT2D eigenvalue weighted by Crippen LogP contribution is 2.35. The van der Waals surface area contributed by atoms with Crippen LogP contribution in [0.5, 0.6) is 0 Å². The molecule has 1 aliphatic heterocycles. The first-order valence-corrected chi connectivity index (χ1v) is 12.8. The lowest BCUT2D eigenvalue weighted by atomic mass is 9.94. The molecule has 6 nitrogen and oxygen atoms in total. The number of rotatable bonds is 7. The number of methoxy groups -OCH3 is 1. The van der Waals surface area contributed by atoms with E-state index in [1.807, 2.05) is 43.3 Å². The number of benzene rings is 3. The average molecular weight is 495 g/mol. The van der Waals surface area contributed by atoms with Crippen molar-refractivity contribution in [3.05, 3.63) is 95.7 Å². The second-order valence-corrected chi connectivity index (χ2v) is 9.81. The summed E-state index contributed by atoms with van der Waals surface area (Å²) in [6.07, 6.45) is 0. The minimum Gasteiger partial charge on any atom is -0.383 e. The van der Waals surface area contributed by atoms with Crippen molar-refractivity contribution in [1.29, 1.82) is 0 Å². The molecule has 190 valence electrons. The van der Waals surface area contributed by atoms with E-state index in [1.54, 1.807) is 7.11 Å². The number of likely N-dealkylation sites (tertiary alicyclic amines) is 1. The van der Waals surface area contributed by atoms with Gasteiger partial charge in [0.05, 0.1) is 24.0 Å². The predicted octanol–water partition coefficient (Wildman–Crippen LogP) is 5.75. The number of hydrogen-bond donors (Lipinski definition) is 2. The van der Waals surface area contributed by atoms with E-state index < -0.39 is 0 Å². The second kappa shape index (κ2) is 11.1. The topological polar surface area (TPSA) is 66.5 Å². The number of urea groups is 1. The Bertz CT molecular complexity index is 1370. The van der Waals surface area contributed by atoms with Crippen molar-refractivity contribution in [2.75, 3.05) is 38.7 Å². The second-order valence-electron chi connectivity index (χ2n) is 9.81. The van der Waals surface area contributed by atoms with Crippen LogP contribution in [0.25, 0.3) is 22.0 Å². The quantitative estimate of drug-likeness (QED) is 0.343. The molecular weight excluding hydrogens is 460 g/mol. The summed E-state index contributed by atoms with van der Waals surface area (Å²) in [5.74, 6) is 0.202. The van der Waals surface area contributed by atoms with E-state index in [1.165, 1.54) is 5.56 Å². The molecule has 3 aromatic carbocycles. The molecule has 0 saturated carbocycles. The van der Waals surface area contributed by atoms with Crippen molar-refractivity contribution >= 4 is 22.5 Å². The highest BCUT2D eigenvalue weighted by atomic mass is 16.5. The van der Waals surface area contributed by atoms with E-state index in [0.717, 1.165) is 58.6 Å². The largest absolute Gasteiger partial charge is 0.383 e. The minimum atomic E-state index is -0.218. The number of amides is 2. The Hall–Kier alpha value is -3.74. The highest BCUT2D eigenvalue weighted by molar-refractivity contribution is 6.07. The van der Waals surface area contributed by atoms with Gasteiger partial charge in [-0.2, -0.15) is 0 Å². The molecule has 0 unspecified atom stereocenters. The number of ether oxygens (including phenoxy) is 1. The first-order valence-electron chi connectivity index (χ1n) is 12.8. The first kappa shape index (κ1) is 24.9. The summed E-state index contributed by atoms with van der Waals surface area (Å²) in [6, 6.07) is 26.5. The van der Waals surface area contributed by atoms with Gasteiger partial charge in [0.2, 0.25) is 0 Å². The predicted molar refractivity (Wildman–Crippen MR) is 150 cm³/mol. The van der Waals surface area contributed by atoms with Gasteiger partial charge in [-0.25, -0.2) is 4.79 Å². The summed E-state index contributed by atoms with van der Waals surface area (Å²) < 4.78 is 5.31. The van der Waals surface area contributed by atoms with Gasteiger partial charge in [-0.3, -0.25) is 9.88 Å². The maximum absolute atomic E-state index is 13.6. The number of anilines is 1. The van der Waals surface area contributed by atoms with Crippen LogP contribution < -0.4 is 10.6 Å².